The fourth-order valence-electron chi connectivity index (χ4n) is 1.72. The average molecular weight is 344 g/mol. The van der Waals surface area contributed by atoms with Crippen LogP contribution in [0.1, 0.15) is 30.0 Å². The van der Waals surface area contributed by atoms with Crippen LogP contribution in [-0.4, -0.2) is 16.4 Å². The zero-order valence-corrected chi connectivity index (χ0v) is 14.3. The monoisotopic (exact) mass is 343 g/mol. The molecule has 0 saturated heterocycles. The predicted molar refractivity (Wildman–Crippen MR) is 90.2 cm³/mol. The van der Waals surface area contributed by atoms with Gasteiger partial charge in [0.15, 0.2) is 5.13 Å². The van der Waals surface area contributed by atoms with Crippen molar-refractivity contribution in [3.8, 4) is 0 Å². The normalized spacial score (nSPS) is 11.0. The van der Waals surface area contributed by atoms with Gasteiger partial charge in [0, 0.05) is 11.3 Å². The van der Waals surface area contributed by atoms with Crippen molar-refractivity contribution in [3.63, 3.8) is 0 Å². The van der Waals surface area contributed by atoms with E-state index in [1.165, 1.54) is 17.4 Å². The van der Waals surface area contributed by atoms with Crippen molar-refractivity contribution in [3.05, 3.63) is 46.2 Å². The van der Waals surface area contributed by atoms with Crippen molar-refractivity contribution in [1.29, 1.82) is 0 Å². The van der Waals surface area contributed by atoms with Crippen LogP contribution >= 0.6 is 23.7 Å². The molecular formula is C15H19ClFN3OS. The Hall–Kier alpha value is -1.50. The van der Waals surface area contributed by atoms with Crippen LogP contribution in [0.25, 0.3) is 0 Å². The first-order valence-electron chi connectivity index (χ1n) is 6.57. The summed E-state index contributed by atoms with van der Waals surface area (Å²) in [5.41, 5.74) is 6.16. The summed E-state index contributed by atoms with van der Waals surface area (Å²) in [6, 6.07) is 6.64. The van der Waals surface area contributed by atoms with E-state index in [0.29, 0.717) is 17.1 Å². The lowest BCUT2D eigenvalue weighted by Crippen LogP contribution is -2.45. The molecule has 0 aliphatic carbocycles. The van der Waals surface area contributed by atoms with Crippen molar-refractivity contribution in [2.45, 2.75) is 32.7 Å². The number of anilines is 1. The second-order valence-electron chi connectivity index (χ2n) is 5.47. The number of carbonyl (C=O) groups is 1. The van der Waals surface area contributed by atoms with E-state index in [-0.39, 0.29) is 24.1 Å². The highest BCUT2D eigenvalue weighted by atomic mass is 35.5. The number of amides is 1. The van der Waals surface area contributed by atoms with Gasteiger partial charge >= 0.3 is 0 Å². The van der Waals surface area contributed by atoms with Gasteiger partial charge in [0.1, 0.15) is 5.82 Å². The molecule has 0 spiro atoms. The van der Waals surface area contributed by atoms with Gasteiger partial charge in [-0.25, -0.2) is 9.37 Å². The Kier molecular flexibility index (Phi) is 6.05. The second-order valence-corrected chi connectivity index (χ2v) is 6.56. The van der Waals surface area contributed by atoms with Gasteiger partial charge in [0.05, 0.1) is 11.2 Å². The highest BCUT2D eigenvalue weighted by molar-refractivity contribution is 7.15. The minimum absolute atomic E-state index is 0. The van der Waals surface area contributed by atoms with Crippen LogP contribution in [0.5, 0.6) is 0 Å². The van der Waals surface area contributed by atoms with E-state index < -0.39 is 5.54 Å². The quantitative estimate of drug-likeness (QED) is 0.895. The lowest BCUT2D eigenvalue weighted by Gasteiger charge is -2.16. The maximum absolute atomic E-state index is 13.7. The van der Waals surface area contributed by atoms with Crippen molar-refractivity contribution < 1.29 is 9.18 Å². The number of nitrogens with one attached hydrogen (secondary N) is 1. The molecule has 0 aliphatic rings. The SMILES string of the molecule is Cc1nc(NC(=O)C(C)(C)N)sc1Cc1ccccc1F.Cl. The van der Waals surface area contributed by atoms with Crippen molar-refractivity contribution in [2.75, 3.05) is 5.32 Å². The van der Waals surface area contributed by atoms with E-state index >= 15 is 0 Å². The molecule has 0 unspecified atom stereocenters. The van der Waals surface area contributed by atoms with Gasteiger partial charge in [-0.05, 0) is 32.4 Å². The van der Waals surface area contributed by atoms with E-state index in [9.17, 15) is 9.18 Å². The van der Waals surface area contributed by atoms with E-state index in [1.54, 1.807) is 32.0 Å². The maximum Gasteiger partial charge on any atom is 0.245 e. The Balaban J connectivity index is 0.00000242. The molecule has 3 N–H and O–H groups in total. The fraction of sp³-hybridized carbons (Fsp3) is 0.333. The molecule has 2 aromatic rings. The number of nitrogens with zero attached hydrogens (tertiary/aromatic N) is 1. The molecule has 120 valence electrons. The third-order valence-electron chi connectivity index (χ3n) is 3.01. The Labute approximate surface area is 139 Å². The number of benzene rings is 1. The lowest BCUT2D eigenvalue weighted by molar-refractivity contribution is -0.120. The topological polar surface area (TPSA) is 68.0 Å². The second kappa shape index (κ2) is 7.17. The first-order chi connectivity index (χ1) is 9.77. The smallest absolute Gasteiger partial charge is 0.245 e. The van der Waals surface area contributed by atoms with Crippen LogP contribution < -0.4 is 11.1 Å². The van der Waals surface area contributed by atoms with Gasteiger partial charge in [-0.3, -0.25) is 4.79 Å². The fourth-order valence-corrected chi connectivity index (χ4v) is 2.70. The molecule has 0 bridgehead atoms. The highest BCUT2D eigenvalue weighted by Crippen LogP contribution is 2.26. The standard InChI is InChI=1S/C15H18FN3OS.ClH/c1-9-12(8-10-6-4-5-7-11(10)16)21-14(18-9)19-13(20)15(2,3)17;/h4-7H,8,17H2,1-3H3,(H,18,19,20);1H. The summed E-state index contributed by atoms with van der Waals surface area (Å²) in [6.45, 7) is 5.10. The molecule has 22 heavy (non-hydrogen) atoms. The average Bonchev–Trinajstić information content (AvgIpc) is 2.71. The zero-order valence-electron chi connectivity index (χ0n) is 12.6. The summed E-state index contributed by atoms with van der Waals surface area (Å²) < 4.78 is 13.7. The van der Waals surface area contributed by atoms with Crippen LogP contribution in [0.4, 0.5) is 9.52 Å². The first-order valence-corrected chi connectivity index (χ1v) is 7.39. The molecule has 0 radical (unpaired) electrons. The summed E-state index contributed by atoms with van der Waals surface area (Å²) in [5, 5.41) is 3.18. The number of halogens is 2. The lowest BCUT2D eigenvalue weighted by atomic mass is 10.1. The molecule has 2 rings (SSSR count). The van der Waals surface area contributed by atoms with E-state index in [0.717, 1.165) is 10.6 Å². The molecule has 1 aromatic carbocycles. The van der Waals surface area contributed by atoms with E-state index in [4.69, 9.17) is 5.73 Å². The van der Waals surface area contributed by atoms with Gasteiger partial charge in [-0.1, -0.05) is 18.2 Å². The summed E-state index contributed by atoms with van der Waals surface area (Å²) in [4.78, 5) is 17.1. The third-order valence-corrected chi connectivity index (χ3v) is 4.08. The number of carbonyl (C=O) groups excluding carboxylic acids is 1. The Bertz CT molecular complexity index is 667. The molecule has 0 saturated carbocycles. The predicted octanol–water partition coefficient (Wildman–Crippen LogP) is 3.28. The van der Waals surface area contributed by atoms with Crippen LogP contribution in [0.2, 0.25) is 0 Å². The van der Waals surface area contributed by atoms with Crippen LogP contribution in [0, 0.1) is 12.7 Å². The van der Waals surface area contributed by atoms with Gasteiger partial charge in [0.2, 0.25) is 5.91 Å². The van der Waals surface area contributed by atoms with Crippen molar-refractivity contribution in [2.24, 2.45) is 5.73 Å². The number of thiazole rings is 1. The molecule has 1 aromatic heterocycles. The van der Waals surface area contributed by atoms with Gasteiger partial charge < -0.3 is 11.1 Å². The third kappa shape index (κ3) is 4.50. The summed E-state index contributed by atoms with van der Waals surface area (Å²) in [7, 11) is 0. The highest BCUT2D eigenvalue weighted by Gasteiger charge is 2.23. The Morgan fingerprint density at radius 3 is 2.64 bits per heavy atom. The molecule has 4 nitrogen and oxygen atoms in total. The number of nitrogens with two attached hydrogens (primary N) is 1. The summed E-state index contributed by atoms with van der Waals surface area (Å²) >= 11 is 1.34. The Morgan fingerprint density at radius 1 is 1.41 bits per heavy atom. The van der Waals surface area contributed by atoms with Crippen molar-refractivity contribution >= 4 is 34.8 Å². The zero-order chi connectivity index (χ0) is 15.6. The first kappa shape index (κ1) is 18.5. The number of aryl methyl sites for hydroxylation is 1. The van der Waals surface area contributed by atoms with Crippen LogP contribution in [-0.2, 0) is 11.2 Å². The van der Waals surface area contributed by atoms with Gasteiger partial charge in [-0.2, -0.15) is 0 Å². The number of rotatable bonds is 4. The minimum Gasteiger partial charge on any atom is -0.318 e. The molecular weight excluding hydrogens is 325 g/mol. The maximum atomic E-state index is 13.7. The largest absolute Gasteiger partial charge is 0.318 e. The van der Waals surface area contributed by atoms with Crippen LogP contribution in [0.15, 0.2) is 24.3 Å². The number of aromatic nitrogens is 1. The molecule has 7 heteroatoms. The Morgan fingerprint density at radius 2 is 2.05 bits per heavy atom. The van der Waals surface area contributed by atoms with E-state index in [2.05, 4.69) is 10.3 Å². The summed E-state index contributed by atoms with van der Waals surface area (Å²) in [6.07, 6.45) is 0.456. The van der Waals surface area contributed by atoms with Gasteiger partial charge in [-0.15, -0.1) is 23.7 Å². The van der Waals surface area contributed by atoms with E-state index in [1.807, 2.05) is 6.92 Å². The molecule has 0 atom stereocenters. The molecule has 0 aliphatic heterocycles. The van der Waals surface area contributed by atoms with Crippen molar-refractivity contribution in [1.82, 2.24) is 4.98 Å². The number of hydrogen-bond acceptors (Lipinski definition) is 4. The molecule has 1 amide bonds. The molecule has 0 fully saturated rings. The molecule has 1 heterocycles. The summed E-state index contributed by atoms with van der Waals surface area (Å²) in [5.74, 6) is -0.535. The number of hydrogen-bond donors (Lipinski definition) is 2. The van der Waals surface area contributed by atoms with Crippen LogP contribution in [0.3, 0.4) is 0 Å². The van der Waals surface area contributed by atoms with Gasteiger partial charge in [0.25, 0.3) is 0 Å². The minimum atomic E-state index is -0.967.